The molecule has 0 heterocycles. The van der Waals surface area contributed by atoms with Crippen molar-refractivity contribution in [3.63, 3.8) is 0 Å². The Morgan fingerprint density at radius 3 is 2.38 bits per heavy atom. The van der Waals surface area contributed by atoms with Gasteiger partial charge in [0.05, 0.1) is 5.56 Å². The van der Waals surface area contributed by atoms with Crippen LogP contribution in [0.25, 0.3) is 0 Å². The Balaban J connectivity index is 1.73. The Labute approximate surface area is 152 Å². The van der Waals surface area contributed by atoms with Gasteiger partial charge in [-0.2, -0.15) is 0 Å². The van der Waals surface area contributed by atoms with Crippen LogP contribution in [0, 0.1) is 0 Å². The van der Waals surface area contributed by atoms with Crippen molar-refractivity contribution in [1.29, 1.82) is 0 Å². The van der Waals surface area contributed by atoms with Crippen molar-refractivity contribution < 1.29 is 14.3 Å². The van der Waals surface area contributed by atoms with Gasteiger partial charge in [-0.15, -0.1) is 0 Å². The lowest BCUT2D eigenvalue weighted by molar-refractivity contribution is -0.123. The molecule has 2 rings (SSSR count). The average Bonchev–Trinajstić information content (AvgIpc) is 2.59. The SMILES string of the molecule is O=C(COc1ccccc1)NNC(=S)NC(=O)c1ccccc1Br. The van der Waals surface area contributed by atoms with Gasteiger partial charge in [0, 0.05) is 4.47 Å². The van der Waals surface area contributed by atoms with E-state index in [0.29, 0.717) is 15.8 Å². The van der Waals surface area contributed by atoms with E-state index in [-0.39, 0.29) is 11.7 Å². The molecule has 3 N–H and O–H groups in total. The summed E-state index contributed by atoms with van der Waals surface area (Å²) in [5.74, 6) is -0.247. The van der Waals surface area contributed by atoms with Crippen LogP contribution in [0.5, 0.6) is 5.75 Å². The Hall–Kier alpha value is -2.45. The predicted molar refractivity (Wildman–Crippen MR) is 97.4 cm³/mol. The Morgan fingerprint density at radius 1 is 1.00 bits per heavy atom. The lowest BCUT2D eigenvalue weighted by Crippen LogP contribution is -2.49. The molecule has 6 nitrogen and oxygen atoms in total. The van der Waals surface area contributed by atoms with Crippen molar-refractivity contribution in [1.82, 2.24) is 16.2 Å². The van der Waals surface area contributed by atoms with Gasteiger partial charge in [-0.25, -0.2) is 0 Å². The summed E-state index contributed by atoms with van der Waals surface area (Å²) in [5.41, 5.74) is 5.22. The number of para-hydroxylation sites is 1. The van der Waals surface area contributed by atoms with Crippen molar-refractivity contribution in [3.05, 3.63) is 64.6 Å². The molecular formula is C16H14BrN3O3S. The summed E-state index contributed by atoms with van der Waals surface area (Å²) in [6.07, 6.45) is 0. The van der Waals surface area contributed by atoms with Crippen LogP contribution in [-0.4, -0.2) is 23.5 Å². The van der Waals surface area contributed by atoms with Gasteiger partial charge in [0.15, 0.2) is 11.7 Å². The summed E-state index contributed by atoms with van der Waals surface area (Å²) in [7, 11) is 0. The molecule has 0 aromatic heterocycles. The lowest BCUT2D eigenvalue weighted by atomic mass is 10.2. The molecule has 0 saturated carbocycles. The molecule has 0 aliphatic rings. The Morgan fingerprint density at radius 2 is 1.67 bits per heavy atom. The summed E-state index contributed by atoms with van der Waals surface area (Å²) in [6.45, 7) is -0.183. The molecule has 0 radical (unpaired) electrons. The molecule has 0 spiro atoms. The number of halogens is 1. The smallest absolute Gasteiger partial charge is 0.276 e. The Bertz CT molecular complexity index is 740. The molecule has 2 aromatic carbocycles. The van der Waals surface area contributed by atoms with E-state index in [1.807, 2.05) is 6.07 Å². The van der Waals surface area contributed by atoms with Crippen molar-refractivity contribution >= 4 is 45.1 Å². The molecule has 0 unspecified atom stereocenters. The number of thiocarbonyl (C=S) groups is 1. The highest BCUT2D eigenvalue weighted by molar-refractivity contribution is 9.10. The zero-order valence-electron chi connectivity index (χ0n) is 12.4. The van der Waals surface area contributed by atoms with Crippen LogP contribution in [0.1, 0.15) is 10.4 Å². The highest BCUT2D eigenvalue weighted by Crippen LogP contribution is 2.15. The first-order valence-electron chi connectivity index (χ1n) is 6.89. The molecule has 8 heteroatoms. The number of carbonyl (C=O) groups excluding carboxylic acids is 2. The van der Waals surface area contributed by atoms with E-state index in [0.717, 1.165) is 0 Å². The fourth-order valence-corrected chi connectivity index (χ4v) is 2.28. The third kappa shape index (κ3) is 5.64. The third-order valence-corrected chi connectivity index (χ3v) is 3.67. The predicted octanol–water partition coefficient (Wildman–Crippen LogP) is 2.16. The highest BCUT2D eigenvalue weighted by atomic mass is 79.9. The van der Waals surface area contributed by atoms with Crippen LogP contribution < -0.4 is 20.9 Å². The van der Waals surface area contributed by atoms with E-state index < -0.39 is 11.8 Å². The zero-order chi connectivity index (χ0) is 17.4. The molecular weight excluding hydrogens is 394 g/mol. The van der Waals surface area contributed by atoms with Gasteiger partial charge in [0.1, 0.15) is 5.75 Å². The summed E-state index contributed by atoms with van der Waals surface area (Å²) in [6, 6.07) is 15.9. The van der Waals surface area contributed by atoms with E-state index in [2.05, 4.69) is 32.1 Å². The fourth-order valence-electron chi connectivity index (χ4n) is 1.68. The van der Waals surface area contributed by atoms with Crippen LogP contribution in [0.4, 0.5) is 0 Å². The number of amides is 2. The molecule has 0 bridgehead atoms. The van der Waals surface area contributed by atoms with Gasteiger partial charge >= 0.3 is 0 Å². The molecule has 124 valence electrons. The summed E-state index contributed by atoms with van der Waals surface area (Å²) >= 11 is 8.24. The molecule has 2 aromatic rings. The average molecular weight is 408 g/mol. The minimum atomic E-state index is -0.434. The number of nitrogens with one attached hydrogen (secondary N) is 3. The molecule has 0 fully saturated rings. The van der Waals surface area contributed by atoms with Crippen molar-refractivity contribution in [3.8, 4) is 5.75 Å². The van der Waals surface area contributed by atoms with Crippen molar-refractivity contribution in [2.45, 2.75) is 0 Å². The lowest BCUT2D eigenvalue weighted by Gasteiger charge is -2.11. The van der Waals surface area contributed by atoms with Gasteiger partial charge in [0.25, 0.3) is 11.8 Å². The van der Waals surface area contributed by atoms with Crippen LogP contribution in [0.3, 0.4) is 0 Å². The van der Waals surface area contributed by atoms with E-state index in [9.17, 15) is 9.59 Å². The van der Waals surface area contributed by atoms with E-state index in [1.165, 1.54) is 0 Å². The number of benzene rings is 2. The van der Waals surface area contributed by atoms with Gasteiger partial charge in [0.2, 0.25) is 0 Å². The maximum absolute atomic E-state index is 12.0. The number of hydrazine groups is 1. The standard InChI is InChI=1S/C16H14BrN3O3S/c17-13-9-5-4-8-12(13)15(22)18-16(24)20-19-14(21)10-23-11-6-2-1-3-7-11/h1-9H,10H2,(H,19,21)(H2,18,20,22,24). The van der Waals surface area contributed by atoms with Gasteiger partial charge < -0.3 is 4.74 Å². The second-order valence-electron chi connectivity index (χ2n) is 4.54. The van der Waals surface area contributed by atoms with Crippen LogP contribution in [0.15, 0.2) is 59.1 Å². The first kappa shape index (κ1) is 17.9. The first-order valence-corrected chi connectivity index (χ1v) is 8.09. The Kier molecular flexibility index (Phi) is 6.71. The second kappa shape index (κ2) is 8.99. The summed E-state index contributed by atoms with van der Waals surface area (Å²) in [4.78, 5) is 23.7. The number of hydrogen-bond acceptors (Lipinski definition) is 4. The topological polar surface area (TPSA) is 79.5 Å². The summed E-state index contributed by atoms with van der Waals surface area (Å²) < 4.78 is 5.92. The van der Waals surface area contributed by atoms with Crippen LogP contribution >= 0.6 is 28.1 Å². The first-order chi connectivity index (χ1) is 11.6. The zero-order valence-corrected chi connectivity index (χ0v) is 14.8. The number of hydrogen-bond donors (Lipinski definition) is 3. The normalized spacial score (nSPS) is 9.71. The molecule has 0 aliphatic carbocycles. The monoisotopic (exact) mass is 407 g/mol. The third-order valence-electron chi connectivity index (χ3n) is 2.77. The number of carbonyl (C=O) groups is 2. The molecule has 0 aliphatic heterocycles. The van der Waals surface area contributed by atoms with E-state index in [4.69, 9.17) is 17.0 Å². The minimum absolute atomic E-state index is 0.0242. The van der Waals surface area contributed by atoms with Crippen LogP contribution in [-0.2, 0) is 4.79 Å². The maximum Gasteiger partial charge on any atom is 0.276 e. The van der Waals surface area contributed by atoms with Crippen molar-refractivity contribution in [2.24, 2.45) is 0 Å². The van der Waals surface area contributed by atoms with E-state index >= 15 is 0 Å². The number of rotatable bonds is 4. The minimum Gasteiger partial charge on any atom is -0.484 e. The molecule has 0 saturated heterocycles. The number of ether oxygens (including phenoxy) is 1. The second-order valence-corrected chi connectivity index (χ2v) is 5.80. The van der Waals surface area contributed by atoms with E-state index in [1.54, 1.807) is 48.5 Å². The van der Waals surface area contributed by atoms with Crippen molar-refractivity contribution in [2.75, 3.05) is 6.61 Å². The maximum atomic E-state index is 12.0. The molecule has 24 heavy (non-hydrogen) atoms. The van der Waals surface area contributed by atoms with Gasteiger partial charge in [-0.05, 0) is 52.4 Å². The fraction of sp³-hybridized carbons (Fsp3) is 0.0625. The largest absolute Gasteiger partial charge is 0.484 e. The quantitative estimate of drug-likeness (QED) is 0.534. The van der Waals surface area contributed by atoms with Gasteiger partial charge in [-0.3, -0.25) is 25.8 Å². The summed E-state index contributed by atoms with van der Waals surface area (Å²) in [5, 5.41) is 2.44. The van der Waals surface area contributed by atoms with Crippen LogP contribution in [0.2, 0.25) is 0 Å². The molecule has 2 amide bonds. The molecule has 0 atom stereocenters. The van der Waals surface area contributed by atoms with Gasteiger partial charge in [-0.1, -0.05) is 30.3 Å². The highest BCUT2D eigenvalue weighted by Gasteiger charge is 2.11.